The van der Waals surface area contributed by atoms with Crippen molar-refractivity contribution in [2.45, 2.75) is 6.92 Å². The zero-order chi connectivity index (χ0) is 23.5. The predicted octanol–water partition coefficient (Wildman–Crippen LogP) is 7.46. The first-order chi connectivity index (χ1) is 16.6. The second-order valence-electron chi connectivity index (χ2n) is 7.90. The lowest BCUT2D eigenvalue weighted by atomic mass is 9.95. The number of aryl methyl sites for hydroxylation is 1. The number of fused-ring (bicyclic) bond motifs is 1. The summed E-state index contributed by atoms with van der Waals surface area (Å²) in [5.74, 6) is 1.92. The molecule has 0 aliphatic carbocycles. The van der Waals surface area contributed by atoms with Crippen LogP contribution in [0, 0.1) is 6.92 Å². The smallest absolute Gasteiger partial charge is 0.259 e. The maximum absolute atomic E-state index is 13.2. The molecule has 5 heteroatoms. The minimum Gasteiger partial charge on any atom is -0.497 e. The van der Waals surface area contributed by atoms with E-state index in [-0.39, 0.29) is 5.91 Å². The number of furan rings is 1. The van der Waals surface area contributed by atoms with Crippen molar-refractivity contribution in [2.75, 3.05) is 12.4 Å². The molecule has 0 atom stereocenters. The third-order valence-corrected chi connectivity index (χ3v) is 5.66. The molecule has 5 rings (SSSR count). The number of ether oxygens (including phenoxy) is 2. The first-order valence-electron chi connectivity index (χ1n) is 10.9. The number of rotatable bonds is 6. The molecule has 168 valence electrons. The van der Waals surface area contributed by atoms with Crippen LogP contribution in [0.4, 0.5) is 5.69 Å². The molecule has 5 nitrogen and oxygen atoms in total. The Balaban J connectivity index is 1.42. The highest BCUT2D eigenvalue weighted by Crippen LogP contribution is 2.35. The van der Waals surface area contributed by atoms with Gasteiger partial charge in [-0.2, -0.15) is 0 Å². The van der Waals surface area contributed by atoms with Gasteiger partial charge in [-0.25, -0.2) is 0 Å². The van der Waals surface area contributed by atoms with Crippen LogP contribution in [0.15, 0.2) is 102 Å². The van der Waals surface area contributed by atoms with Crippen molar-refractivity contribution in [3.63, 3.8) is 0 Å². The summed E-state index contributed by atoms with van der Waals surface area (Å²) >= 11 is 0. The Hall–Kier alpha value is -4.51. The quantitative estimate of drug-likeness (QED) is 0.292. The van der Waals surface area contributed by atoms with E-state index in [2.05, 4.69) is 5.32 Å². The van der Waals surface area contributed by atoms with Gasteiger partial charge in [-0.1, -0.05) is 36.4 Å². The van der Waals surface area contributed by atoms with Crippen molar-refractivity contribution in [3.05, 3.63) is 108 Å². The second kappa shape index (κ2) is 9.16. The van der Waals surface area contributed by atoms with Crippen LogP contribution < -0.4 is 14.8 Å². The zero-order valence-corrected chi connectivity index (χ0v) is 18.9. The van der Waals surface area contributed by atoms with Gasteiger partial charge in [0.25, 0.3) is 5.91 Å². The summed E-state index contributed by atoms with van der Waals surface area (Å²) in [6.45, 7) is 2.04. The van der Waals surface area contributed by atoms with E-state index in [1.807, 2.05) is 85.8 Å². The Morgan fingerprint density at radius 3 is 2.38 bits per heavy atom. The average Bonchev–Trinajstić information content (AvgIpc) is 3.34. The summed E-state index contributed by atoms with van der Waals surface area (Å²) in [5.41, 5.74) is 4.78. The average molecular weight is 450 g/mol. The summed E-state index contributed by atoms with van der Waals surface area (Å²) in [6.07, 6.45) is 1.61. The normalized spacial score (nSPS) is 10.8. The molecule has 1 aromatic heterocycles. The topological polar surface area (TPSA) is 60.7 Å². The van der Waals surface area contributed by atoms with Gasteiger partial charge in [-0.3, -0.25) is 4.79 Å². The number of carbonyl (C=O) groups excluding carboxylic acids is 1. The largest absolute Gasteiger partial charge is 0.497 e. The lowest BCUT2D eigenvalue weighted by Crippen LogP contribution is -2.12. The van der Waals surface area contributed by atoms with Crippen LogP contribution in [0.25, 0.3) is 22.1 Å². The van der Waals surface area contributed by atoms with E-state index in [1.165, 1.54) is 0 Å². The molecule has 0 fully saturated rings. The number of methoxy groups -OCH3 is 1. The number of para-hydroxylation sites is 1. The van der Waals surface area contributed by atoms with E-state index in [4.69, 9.17) is 13.9 Å². The molecule has 1 heterocycles. The van der Waals surface area contributed by atoms with Crippen molar-refractivity contribution in [1.82, 2.24) is 0 Å². The van der Waals surface area contributed by atoms with E-state index in [0.717, 1.165) is 33.6 Å². The SMILES string of the molecule is COc1ccc(-c2ccc(C(=O)Nc3cccc(Oc4ccccc4)c3)c3occc23)c(C)c1. The van der Waals surface area contributed by atoms with E-state index >= 15 is 0 Å². The summed E-state index contributed by atoms with van der Waals surface area (Å²) in [7, 11) is 1.65. The zero-order valence-electron chi connectivity index (χ0n) is 18.9. The van der Waals surface area contributed by atoms with Gasteiger partial charge in [0.1, 0.15) is 22.8 Å². The highest BCUT2D eigenvalue weighted by Gasteiger charge is 2.17. The van der Waals surface area contributed by atoms with Gasteiger partial charge in [0.2, 0.25) is 0 Å². The molecule has 1 N–H and O–H groups in total. The number of amides is 1. The molecule has 0 aliphatic rings. The highest BCUT2D eigenvalue weighted by atomic mass is 16.5. The summed E-state index contributed by atoms with van der Waals surface area (Å²) in [5, 5.41) is 3.83. The summed E-state index contributed by atoms with van der Waals surface area (Å²) < 4.78 is 17.0. The van der Waals surface area contributed by atoms with Gasteiger partial charge < -0.3 is 19.2 Å². The van der Waals surface area contributed by atoms with Crippen molar-refractivity contribution in [3.8, 4) is 28.4 Å². The number of carbonyl (C=O) groups is 1. The van der Waals surface area contributed by atoms with Gasteiger partial charge >= 0.3 is 0 Å². The van der Waals surface area contributed by atoms with Crippen LogP contribution in [0.3, 0.4) is 0 Å². The lowest BCUT2D eigenvalue weighted by Gasteiger charge is -2.12. The molecule has 1 amide bonds. The first kappa shape index (κ1) is 21.3. The van der Waals surface area contributed by atoms with Crippen LogP contribution in [-0.2, 0) is 0 Å². The minimum absolute atomic E-state index is 0.255. The highest BCUT2D eigenvalue weighted by molar-refractivity contribution is 6.13. The Morgan fingerprint density at radius 2 is 1.59 bits per heavy atom. The fourth-order valence-electron chi connectivity index (χ4n) is 4.00. The van der Waals surface area contributed by atoms with Crippen LogP contribution >= 0.6 is 0 Å². The van der Waals surface area contributed by atoms with Crippen LogP contribution in [-0.4, -0.2) is 13.0 Å². The molecular weight excluding hydrogens is 426 g/mol. The molecule has 0 saturated heterocycles. The van der Waals surface area contributed by atoms with Gasteiger partial charge in [0.15, 0.2) is 0 Å². The standard InChI is InChI=1S/C29H23NO4/c1-19-17-22(32-2)11-12-24(19)25-13-14-27(28-26(25)15-16-33-28)29(31)30-20-7-6-10-23(18-20)34-21-8-4-3-5-9-21/h3-18H,1-2H3,(H,30,31). The van der Waals surface area contributed by atoms with E-state index in [9.17, 15) is 4.79 Å². The molecule has 5 aromatic rings. The third-order valence-electron chi connectivity index (χ3n) is 5.66. The Kier molecular flexibility index (Phi) is 5.75. The molecule has 0 radical (unpaired) electrons. The number of benzene rings is 4. The summed E-state index contributed by atoms with van der Waals surface area (Å²) in [4.78, 5) is 13.2. The van der Waals surface area contributed by atoms with Gasteiger partial charge in [-0.15, -0.1) is 0 Å². The van der Waals surface area contributed by atoms with Crippen molar-refractivity contribution >= 4 is 22.6 Å². The monoisotopic (exact) mass is 449 g/mol. The van der Waals surface area contributed by atoms with Gasteiger partial charge in [0.05, 0.1) is 18.9 Å². The molecule has 0 aliphatic heterocycles. The number of anilines is 1. The van der Waals surface area contributed by atoms with Crippen LogP contribution in [0.2, 0.25) is 0 Å². The number of hydrogen-bond acceptors (Lipinski definition) is 4. The van der Waals surface area contributed by atoms with E-state index < -0.39 is 0 Å². The molecular formula is C29H23NO4. The molecule has 0 saturated carbocycles. The van der Waals surface area contributed by atoms with Gasteiger partial charge in [-0.05, 0) is 72.1 Å². The second-order valence-corrected chi connectivity index (χ2v) is 7.90. The first-order valence-corrected chi connectivity index (χ1v) is 10.9. The Morgan fingerprint density at radius 1 is 0.794 bits per heavy atom. The molecule has 0 spiro atoms. The third kappa shape index (κ3) is 4.24. The Labute approximate surface area is 197 Å². The van der Waals surface area contributed by atoms with Gasteiger partial charge in [0, 0.05) is 17.1 Å². The van der Waals surface area contributed by atoms with E-state index in [1.54, 1.807) is 25.5 Å². The predicted molar refractivity (Wildman–Crippen MR) is 134 cm³/mol. The van der Waals surface area contributed by atoms with Crippen LogP contribution in [0.1, 0.15) is 15.9 Å². The minimum atomic E-state index is -0.255. The van der Waals surface area contributed by atoms with E-state index in [0.29, 0.717) is 22.6 Å². The molecule has 0 unspecified atom stereocenters. The maximum Gasteiger partial charge on any atom is 0.259 e. The fraction of sp³-hybridized carbons (Fsp3) is 0.0690. The lowest BCUT2D eigenvalue weighted by molar-refractivity contribution is 0.102. The number of nitrogens with one attached hydrogen (secondary N) is 1. The molecule has 4 aromatic carbocycles. The summed E-state index contributed by atoms with van der Waals surface area (Å²) in [6, 6.07) is 28.4. The molecule has 0 bridgehead atoms. The van der Waals surface area contributed by atoms with Crippen molar-refractivity contribution in [2.24, 2.45) is 0 Å². The Bertz CT molecular complexity index is 1470. The fourth-order valence-corrected chi connectivity index (χ4v) is 4.00. The van der Waals surface area contributed by atoms with Crippen LogP contribution in [0.5, 0.6) is 17.2 Å². The molecule has 34 heavy (non-hydrogen) atoms. The number of hydrogen-bond donors (Lipinski definition) is 1. The maximum atomic E-state index is 13.2. The van der Waals surface area contributed by atoms with Crippen molar-refractivity contribution < 1.29 is 18.7 Å². The van der Waals surface area contributed by atoms with Crippen molar-refractivity contribution in [1.29, 1.82) is 0 Å².